The number of ether oxygens (including phenoxy) is 3. The fraction of sp³-hybridized carbons (Fsp3) is 0.462. The van der Waals surface area contributed by atoms with Crippen LogP contribution in [0.1, 0.15) is 16.8 Å². The van der Waals surface area contributed by atoms with Crippen LogP contribution in [-0.4, -0.2) is 39.6 Å². The lowest BCUT2D eigenvalue weighted by molar-refractivity contribution is 0.0169. The molecule has 1 rings (SSSR count). The maximum Gasteiger partial charge on any atom is 0.261 e. The summed E-state index contributed by atoms with van der Waals surface area (Å²) in [6.45, 7) is -0.729. The molecule has 0 atom stereocenters. The number of benzene rings is 1. The van der Waals surface area contributed by atoms with Gasteiger partial charge in [-0.1, -0.05) is 0 Å². The summed E-state index contributed by atoms with van der Waals surface area (Å²) < 4.78 is 39.3. The highest BCUT2D eigenvalue weighted by Crippen LogP contribution is 2.37. The molecule has 0 heterocycles. The van der Waals surface area contributed by atoms with Crippen LogP contribution in [-0.2, 0) is 4.74 Å². The summed E-state index contributed by atoms with van der Waals surface area (Å²) in [5.41, 5.74) is 0.348. The van der Waals surface area contributed by atoms with E-state index in [1.165, 1.54) is 14.2 Å². The molecule has 112 valence electrons. The molecule has 0 bridgehead atoms. The van der Waals surface area contributed by atoms with Crippen molar-refractivity contribution in [1.82, 2.24) is 0 Å². The first kappa shape index (κ1) is 16.8. The Morgan fingerprint density at radius 3 is 2.55 bits per heavy atom. The van der Waals surface area contributed by atoms with E-state index in [-0.39, 0.29) is 18.8 Å². The predicted molar refractivity (Wildman–Crippen MR) is 73.0 cm³/mol. The van der Waals surface area contributed by atoms with Gasteiger partial charge in [0.2, 0.25) is 0 Å². The van der Waals surface area contributed by atoms with Gasteiger partial charge in [-0.3, -0.25) is 4.79 Å². The van der Waals surface area contributed by atoms with E-state index < -0.39 is 13.0 Å². The molecule has 4 nitrogen and oxygen atoms in total. The van der Waals surface area contributed by atoms with E-state index in [1.54, 1.807) is 12.1 Å². The maximum atomic E-state index is 12.0. The van der Waals surface area contributed by atoms with Gasteiger partial charge in [0.15, 0.2) is 5.78 Å². The zero-order valence-corrected chi connectivity index (χ0v) is 12.7. The van der Waals surface area contributed by atoms with Gasteiger partial charge in [0.25, 0.3) is 6.43 Å². The highest BCUT2D eigenvalue weighted by atomic mass is 79.9. The number of Topliss-reactive ketones (excluding diaryl/α,β-unsaturated/α-hetero) is 1. The SMILES string of the molecule is COc1ccc(C(=O)CCOCC(F)F)c(OC)c1Br. The molecule has 0 unspecified atom stereocenters. The summed E-state index contributed by atoms with van der Waals surface area (Å²) in [6.07, 6.45) is -2.53. The van der Waals surface area contributed by atoms with Gasteiger partial charge < -0.3 is 14.2 Å². The van der Waals surface area contributed by atoms with Crippen molar-refractivity contribution in [2.75, 3.05) is 27.4 Å². The van der Waals surface area contributed by atoms with Crippen LogP contribution in [0.5, 0.6) is 11.5 Å². The van der Waals surface area contributed by atoms with Crippen LogP contribution >= 0.6 is 15.9 Å². The van der Waals surface area contributed by atoms with E-state index in [4.69, 9.17) is 9.47 Å². The van der Waals surface area contributed by atoms with Gasteiger partial charge in [0, 0.05) is 6.42 Å². The lowest BCUT2D eigenvalue weighted by atomic mass is 10.1. The van der Waals surface area contributed by atoms with Crippen LogP contribution in [0, 0.1) is 0 Å². The van der Waals surface area contributed by atoms with Gasteiger partial charge in [-0.25, -0.2) is 8.78 Å². The molecule has 0 amide bonds. The smallest absolute Gasteiger partial charge is 0.261 e. The van der Waals surface area contributed by atoms with Crippen molar-refractivity contribution in [2.24, 2.45) is 0 Å². The number of hydrogen-bond acceptors (Lipinski definition) is 4. The van der Waals surface area contributed by atoms with E-state index in [9.17, 15) is 13.6 Å². The Bertz CT molecular complexity index is 466. The average molecular weight is 353 g/mol. The monoisotopic (exact) mass is 352 g/mol. The van der Waals surface area contributed by atoms with E-state index in [0.29, 0.717) is 21.5 Å². The van der Waals surface area contributed by atoms with Crippen molar-refractivity contribution >= 4 is 21.7 Å². The molecule has 0 saturated carbocycles. The second-order valence-corrected chi connectivity index (χ2v) is 4.59. The number of carbonyl (C=O) groups is 1. The number of rotatable bonds is 8. The molecule has 0 aliphatic rings. The summed E-state index contributed by atoms with van der Waals surface area (Å²) in [7, 11) is 2.93. The number of alkyl halides is 2. The fourth-order valence-electron chi connectivity index (χ4n) is 1.59. The van der Waals surface area contributed by atoms with Gasteiger partial charge in [-0.2, -0.15) is 0 Å². The Balaban J connectivity index is 2.75. The Morgan fingerprint density at radius 1 is 1.30 bits per heavy atom. The molecule has 0 aliphatic heterocycles. The lowest BCUT2D eigenvalue weighted by Crippen LogP contribution is -2.10. The number of ketones is 1. The first-order valence-electron chi connectivity index (χ1n) is 5.80. The summed E-state index contributed by atoms with van der Waals surface area (Å²) in [4.78, 5) is 12.0. The van der Waals surface area contributed by atoms with Gasteiger partial charge in [0.05, 0.1) is 26.4 Å². The summed E-state index contributed by atoms with van der Waals surface area (Å²) >= 11 is 3.29. The highest BCUT2D eigenvalue weighted by molar-refractivity contribution is 9.10. The first-order chi connectivity index (χ1) is 9.51. The molecule has 0 spiro atoms. The van der Waals surface area contributed by atoms with Gasteiger partial charge in [-0.15, -0.1) is 0 Å². The minimum absolute atomic E-state index is 0.00183. The van der Waals surface area contributed by atoms with Crippen molar-refractivity contribution in [3.05, 3.63) is 22.2 Å². The zero-order chi connectivity index (χ0) is 15.1. The number of hydrogen-bond donors (Lipinski definition) is 0. The van der Waals surface area contributed by atoms with Crippen LogP contribution in [0.25, 0.3) is 0 Å². The van der Waals surface area contributed by atoms with E-state index >= 15 is 0 Å². The van der Waals surface area contributed by atoms with Crippen LogP contribution in [0.2, 0.25) is 0 Å². The Morgan fingerprint density at radius 2 is 2.00 bits per heavy atom. The van der Waals surface area contributed by atoms with Gasteiger partial charge in [-0.05, 0) is 28.1 Å². The van der Waals surface area contributed by atoms with E-state index in [1.807, 2.05) is 0 Å². The van der Waals surface area contributed by atoms with Crippen molar-refractivity contribution < 1.29 is 27.8 Å². The highest BCUT2D eigenvalue weighted by Gasteiger charge is 2.18. The normalized spacial score (nSPS) is 10.7. The zero-order valence-electron chi connectivity index (χ0n) is 11.1. The standard InChI is InChI=1S/C13H15BrF2O4/c1-18-10-4-3-8(13(19-2)12(10)14)9(17)5-6-20-7-11(15)16/h3-4,11H,5-7H2,1-2H3. The quantitative estimate of drug-likeness (QED) is 0.531. The third-order valence-corrected chi connectivity index (χ3v) is 3.25. The summed E-state index contributed by atoms with van der Waals surface area (Å²) in [5, 5.41) is 0. The van der Waals surface area contributed by atoms with Gasteiger partial charge in [0.1, 0.15) is 22.6 Å². The number of carbonyl (C=O) groups excluding carboxylic acids is 1. The Labute approximate surface area is 124 Å². The van der Waals surface area contributed by atoms with Crippen LogP contribution in [0.3, 0.4) is 0 Å². The Kier molecular flexibility index (Phi) is 6.87. The first-order valence-corrected chi connectivity index (χ1v) is 6.60. The minimum atomic E-state index is -2.53. The molecular formula is C13H15BrF2O4. The minimum Gasteiger partial charge on any atom is -0.495 e. The van der Waals surface area contributed by atoms with Crippen LogP contribution < -0.4 is 9.47 Å². The number of halogens is 3. The predicted octanol–water partition coefficient (Wildman–Crippen LogP) is 3.32. The third-order valence-electron chi connectivity index (χ3n) is 2.50. The molecule has 1 aromatic rings. The second-order valence-electron chi connectivity index (χ2n) is 3.80. The van der Waals surface area contributed by atoms with Crippen molar-refractivity contribution in [3.8, 4) is 11.5 Å². The molecule has 7 heteroatoms. The average Bonchev–Trinajstić information content (AvgIpc) is 2.42. The topological polar surface area (TPSA) is 44.8 Å². The van der Waals surface area contributed by atoms with Gasteiger partial charge >= 0.3 is 0 Å². The van der Waals surface area contributed by atoms with E-state index in [2.05, 4.69) is 20.7 Å². The molecule has 0 saturated heterocycles. The second kappa shape index (κ2) is 8.16. The number of methoxy groups -OCH3 is 2. The summed E-state index contributed by atoms with van der Waals surface area (Å²) in [6, 6.07) is 3.19. The summed E-state index contributed by atoms with van der Waals surface area (Å²) in [5.74, 6) is 0.634. The molecule has 0 fully saturated rings. The molecule has 0 radical (unpaired) electrons. The van der Waals surface area contributed by atoms with Crippen LogP contribution in [0.15, 0.2) is 16.6 Å². The van der Waals surface area contributed by atoms with Crippen molar-refractivity contribution in [3.63, 3.8) is 0 Å². The lowest BCUT2D eigenvalue weighted by Gasteiger charge is -2.12. The largest absolute Gasteiger partial charge is 0.495 e. The fourth-order valence-corrected chi connectivity index (χ4v) is 2.26. The third kappa shape index (κ3) is 4.42. The molecule has 1 aromatic carbocycles. The van der Waals surface area contributed by atoms with Crippen molar-refractivity contribution in [1.29, 1.82) is 0 Å². The molecule has 20 heavy (non-hydrogen) atoms. The van der Waals surface area contributed by atoms with E-state index in [0.717, 1.165) is 0 Å². The maximum absolute atomic E-state index is 12.0. The molecule has 0 aliphatic carbocycles. The van der Waals surface area contributed by atoms with Crippen molar-refractivity contribution in [2.45, 2.75) is 12.8 Å². The molecular weight excluding hydrogens is 338 g/mol. The Hall–Kier alpha value is -1.21. The molecule has 0 aromatic heterocycles. The molecule has 0 N–H and O–H groups in total. The van der Waals surface area contributed by atoms with Crippen LogP contribution in [0.4, 0.5) is 8.78 Å².